The van der Waals surface area contributed by atoms with Gasteiger partial charge in [0, 0.05) is 22.6 Å². The third-order valence-corrected chi connectivity index (χ3v) is 5.67. The van der Waals surface area contributed by atoms with E-state index in [4.69, 9.17) is 14.2 Å². The fraction of sp³-hybridized carbons (Fsp3) is 0.286. The van der Waals surface area contributed by atoms with E-state index >= 15 is 0 Å². The summed E-state index contributed by atoms with van der Waals surface area (Å²) >= 11 is 0. The second-order valence-electron chi connectivity index (χ2n) is 8.19. The van der Waals surface area contributed by atoms with Gasteiger partial charge >= 0.3 is 0 Å². The molecule has 0 bridgehead atoms. The van der Waals surface area contributed by atoms with Crippen molar-refractivity contribution in [2.75, 3.05) is 19.8 Å². The molecule has 178 valence electrons. The third-order valence-electron chi connectivity index (χ3n) is 5.67. The molecular weight excluding hydrogens is 441 g/mol. The Labute approximate surface area is 197 Å². The van der Waals surface area contributed by atoms with Gasteiger partial charge < -0.3 is 14.2 Å². The van der Waals surface area contributed by atoms with Crippen molar-refractivity contribution in [3.8, 4) is 28.0 Å². The number of hydrogen-bond acceptors (Lipinski definition) is 3. The van der Waals surface area contributed by atoms with Crippen LogP contribution in [0.5, 0.6) is 5.75 Å². The van der Waals surface area contributed by atoms with Crippen molar-refractivity contribution in [3.63, 3.8) is 0 Å². The fourth-order valence-corrected chi connectivity index (χ4v) is 3.91. The zero-order valence-electron chi connectivity index (χ0n) is 19.2. The molecular formula is C28H27F3O3. The number of rotatable bonds is 7. The molecule has 0 atom stereocenters. The second kappa shape index (κ2) is 10.9. The monoisotopic (exact) mass is 468 g/mol. The lowest BCUT2D eigenvalue weighted by Crippen LogP contribution is -2.25. The molecule has 1 aliphatic rings. The van der Waals surface area contributed by atoms with Crippen molar-refractivity contribution in [2.45, 2.75) is 26.6 Å². The van der Waals surface area contributed by atoms with Crippen LogP contribution in [0.2, 0.25) is 0 Å². The number of hydrogen-bond donors (Lipinski definition) is 0. The molecule has 0 unspecified atom stereocenters. The highest BCUT2D eigenvalue weighted by molar-refractivity contribution is 5.71. The summed E-state index contributed by atoms with van der Waals surface area (Å²) in [6.07, 6.45) is 4.08. The average molecular weight is 469 g/mol. The van der Waals surface area contributed by atoms with E-state index in [1.165, 1.54) is 18.2 Å². The van der Waals surface area contributed by atoms with Gasteiger partial charge in [0.1, 0.15) is 5.82 Å². The number of allylic oxidation sites excluding steroid dienone is 1. The maximum Gasteiger partial charge on any atom is 0.201 e. The molecule has 1 heterocycles. The van der Waals surface area contributed by atoms with E-state index in [1.807, 2.05) is 26.0 Å². The normalized spacial score (nSPS) is 18.4. The second-order valence-corrected chi connectivity index (χ2v) is 8.19. The summed E-state index contributed by atoms with van der Waals surface area (Å²) in [5.74, 6) is -2.31. The summed E-state index contributed by atoms with van der Waals surface area (Å²) < 4.78 is 60.6. The lowest BCUT2D eigenvalue weighted by molar-refractivity contribution is -0.197. The van der Waals surface area contributed by atoms with E-state index in [-0.39, 0.29) is 17.2 Å². The Morgan fingerprint density at radius 1 is 0.882 bits per heavy atom. The van der Waals surface area contributed by atoms with Crippen LogP contribution in [0.1, 0.15) is 32.1 Å². The Kier molecular flexibility index (Phi) is 7.70. The average Bonchev–Trinajstić information content (AvgIpc) is 2.86. The minimum absolute atomic E-state index is 0.106. The lowest BCUT2D eigenvalue weighted by atomic mass is 9.98. The molecule has 3 nitrogen and oxygen atoms in total. The quantitative estimate of drug-likeness (QED) is 0.337. The molecule has 0 aromatic heterocycles. The molecule has 0 saturated carbocycles. The molecule has 1 fully saturated rings. The first-order valence-electron chi connectivity index (χ1n) is 11.4. The Morgan fingerprint density at radius 3 is 2.15 bits per heavy atom. The van der Waals surface area contributed by atoms with Gasteiger partial charge in [-0.1, -0.05) is 55.5 Å². The standard InChI is InChI=1S/C28H27F3O3/c1-3-5-18-16-33-28(34-17-18)21-10-11-22(24(29)15-21)19-6-8-20(9-7-19)23-12-13-25(32-14-4-2)27(31)26(23)30/h3,5-13,15,18,28H,4,14,16-17H2,1-2H3/b5-3+. The molecule has 0 N–H and O–H groups in total. The number of ether oxygens (including phenoxy) is 3. The molecule has 0 radical (unpaired) electrons. The van der Waals surface area contributed by atoms with E-state index < -0.39 is 23.7 Å². The molecule has 1 aliphatic heterocycles. The molecule has 0 amide bonds. The van der Waals surface area contributed by atoms with E-state index in [0.29, 0.717) is 48.5 Å². The smallest absolute Gasteiger partial charge is 0.201 e. The van der Waals surface area contributed by atoms with Gasteiger partial charge in [0.2, 0.25) is 5.82 Å². The van der Waals surface area contributed by atoms with Crippen LogP contribution in [0.25, 0.3) is 22.3 Å². The summed E-state index contributed by atoms with van der Waals surface area (Å²) in [4.78, 5) is 0. The van der Waals surface area contributed by atoms with Crippen molar-refractivity contribution in [1.29, 1.82) is 0 Å². The molecule has 4 rings (SSSR count). The van der Waals surface area contributed by atoms with Crippen LogP contribution < -0.4 is 4.74 Å². The van der Waals surface area contributed by atoms with Gasteiger partial charge in [-0.25, -0.2) is 8.78 Å². The number of benzene rings is 3. The van der Waals surface area contributed by atoms with Crippen LogP contribution in [-0.2, 0) is 9.47 Å². The highest BCUT2D eigenvalue weighted by Crippen LogP contribution is 2.33. The first-order valence-corrected chi connectivity index (χ1v) is 11.4. The zero-order chi connectivity index (χ0) is 24.1. The Bertz CT molecular complexity index is 1150. The molecule has 0 spiro atoms. The van der Waals surface area contributed by atoms with Crippen molar-refractivity contribution >= 4 is 0 Å². The summed E-state index contributed by atoms with van der Waals surface area (Å²) in [6, 6.07) is 14.4. The van der Waals surface area contributed by atoms with Gasteiger partial charge in [-0.2, -0.15) is 4.39 Å². The molecule has 3 aromatic carbocycles. The molecule has 34 heavy (non-hydrogen) atoms. The topological polar surface area (TPSA) is 27.7 Å². The molecule has 1 saturated heterocycles. The van der Waals surface area contributed by atoms with E-state index in [0.717, 1.165) is 0 Å². The fourth-order valence-electron chi connectivity index (χ4n) is 3.91. The summed E-state index contributed by atoms with van der Waals surface area (Å²) in [5.41, 5.74) is 2.23. The Balaban J connectivity index is 1.51. The van der Waals surface area contributed by atoms with Crippen LogP contribution >= 0.6 is 0 Å². The van der Waals surface area contributed by atoms with Crippen molar-refractivity contribution in [3.05, 3.63) is 89.8 Å². The summed E-state index contributed by atoms with van der Waals surface area (Å²) in [5, 5.41) is 0. The van der Waals surface area contributed by atoms with Gasteiger partial charge in [-0.3, -0.25) is 0 Å². The largest absolute Gasteiger partial charge is 0.490 e. The molecule has 6 heteroatoms. The van der Waals surface area contributed by atoms with Gasteiger partial charge in [-0.05, 0) is 42.7 Å². The Hall–Kier alpha value is -3.09. The summed E-state index contributed by atoms with van der Waals surface area (Å²) in [6.45, 7) is 5.18. The zero-order valence-corrected chi connectivity index (χ0v) is 19.2. The van der Waals surface area contributed by atoms with Crippen LogP contribution in [0, 0.1) is 23.4 Å². The van der Waals surface area contributed by atoms with Crippen molar-refractivity contribution in [1.82, 2.24) is 0 Å². The maximum absolute atomic E-state index is 14.9. The van der Waals surface area contributed by atoms with E-state index in [2.05, 4.69) is 0 Å². The predicted molar refractivity (Wildman–Crippen MR) is 126 cm³/mol. The van der Waals surface area contributed by atoms with Crippen LogP contribution in [0.4, 0.5) is 13.2 Å². The molecule has 0 aliphatic carbocycles. The van der Waals surface area contributed by atoms with Crippen LogP contribution in [-0.4, -0.2) is 19.8 Å². The van der Waals surface area contributed by atoms with Gasteiger partial charge in [-0.15, -0.1) is 0 Å². The van der Waals surface area contributed by atoms with Crippen LogP contribution in [0.3, 0.4) is 0 Å². The molecule has 3 aromatic rings. The Morgan fingerprint density at radius 2 is 1.53 bits per heavy atom. The highest BCUT2D eigenvalue weighted by Gasteiger charge is 2.23. The maximum atomic E-state index is 14.9. The van der Waals surface area contributed by atoms with E-state index in [1.54, 1.807) is 36.4 Å². The van der Waals surface area contributed by atoms with Gasteiger partial charge in [0.15, 0.2) is 17.9 Å². The predicted octanol–water partition coefficient (Wildman–Crippen LogP) is 7.46. The lowest BCUT2D eigenvalue weighted by Gasteiger charge is -2.28. The van der Waals surface area contributed by atoms with Crippen molar-refractivity contribution in [2.24, 2.45) is 5.92 Å². The minimum Gasteiger partial charge on any atom is -0.490 e. The van der Waals surface area contributed by atoms with Crippen molar-refractivity contribution < 1.29 is 27.4 Å². The number of halogens is 3. The SMILES string of the molecule is C/C=C/C1COC(c2ccc(-c3ccc(-c4ccc(OCCC)c(F)c4F)cc3)c(F)c2)OC1. The first kappa shape index (κ1) is 24.0. The highest BCUT2D eigenvalue weighted by atomic mass is 19.2. The van der Waals surface area contributed by atoms with Crippen LogP contribution in [0.15, 0.2) is 66.7 Å². The minimum atomic E-state index is -1.01. The first-order chi connectivity index (χ1) is 16.5. The van der Waals surface area contributed by atoms with Gasteiger partial charge in [0.05, 0.1) is 19.8 Å². The third kappa shape index (κ3) is 5.18. The summed E-state index contributed by atoms with van der Waals surface area (Å²) in [7, 11) is 0. The van der Waals surface area contributed by atoms with E-state index in [9.17, 15) is 13.2 Å². The van der Waals surface area contributed by atoms with Gasteiger partial charge in [0.25, 0.3) is 0 Å².